The molecule has 5 nitrogen and oxygen atoms in total. The lowest BCUT2D eigenvalue weighted by Gasteiger charge is -2.37. The average molecular weight is 298 g/mol. The first-order valence-electron chi connectivity index (χ1n) is 6.76. The Morgan fingerprint density at radius 3 is 2.50 bits per heavy atom. The molecule has 20 heavy (non-hydrogen) atoms. The summed E-state index contributed by atoms with van der Waals surface area (Å²) in [4.78, 5) is 20.7. The van der Waals surface area contributed by atoms with Crippen LogP contribution in [0.4, 0.5) is 0 Å². The fourth-order valence-electron chi connectivity index (χ4n) is 2.32. The lowest BCUT2D eigenvalue weighted by atomic mass is 10.2. The first-order valence-corrected chi connectivity index (χ1v) is 7.14. The van der Waals surface area contributed by atoms with E-state index >= 15 is 0 Å². The van der Waals surface area contributed by atoms with Crippen molar-refractivity contribution in [1.29, 1.82) is 0 Å². The average Bonchev–Trinajstić information content (AvgIpc) is 2.45. The van der Waals surface area contributed by atoms with Gasteiger partial charge in [-0.15, -0.1) is 0 Å². The maximum Gasteiger partial charge on any atom is 0.254 e. The van der Waals surface area contributed by atoms with Crippen LogP contribution in [0.2, 0.25) is 5.15 Å². The highest BCUT2D eigenvalue weighted by molar-refractivity contribution is 6.29. The number of rotatable bonds is 3. The van der Waals surface area contributed by atoms with Gasteiger partial charge in [0.1, 0.15) is 5.15 Å². The van der Waals surface area contributed by atoms with Crippen molar-refractivity contribution in [3.63, 3.8) is 0 Å². The van der Waals surface area contributed by atoms with Crippen LogP contribution in [0.25, 0.3) is 0 Å². The molecule has 2 heterocycles. The molecule has 0 radical (unpaired) electrons. The minimum Gasteiger partial charge on any atom is -0.481 e. The van der Waals surface area contributed by atoms with Crippen LogP contribution in [-0.4, -0.2) is 60.0 Å². The van der Waals surface area contributed by atoms with Gasteiger partial charge < -0.3 is 9.64 Å². The Morgan fingerprint density at radius 1 is 1.30 bits per heavy atom. The number of methoxy groups -OCH3 is 1. The van der Waals surface area contributed by atoms with Gasteiger partial charge in [0.05, 0.1) is 7.11 Å². The van der Waals surface area contributed by atoms with E-state index in [9.17, 15) is 4.79 Å². The third-order valence-electron chi connectivity index (χ3n) is 3.56. The van der Waals surface area contributed by atoms with Crippen LogP contribution in [0.15, 0.2) is 12.1 Å². The van der Waals surface area contributed by atoms with Crippen LogP contribution in [0.1, 0.15) is 24.2 Å². The molecule has 0 saturated carbocycles. The SMILES string of the molecule is COc1cc(C(=O)N2CCN(C(C)C)CC2)cc(Cl)n1. The molecule has 0 spiro atoms. The van der Waals surface area contributed by atoms with Gasteiger partial charge in [-0.05, 0) is 19.9 Å². The second kappa shape index (κ2) is 6.41. The Labute approximate surface area is 124 Å². The van der Waals surface area contributed by atoms with Gasteiger partial charge in [-0.25, -0.2) is 4.98 Å². The third-order valence-corrected chi connectivity index (χ3v) is 3.75. The number of hydrogen-bond donors (Lipinski definition) is 0. The highest BCUT2D eigenvalue weighted by atomic mass is 35.5. The van der Waals surface area contributed by atoms with Crippen molar-refractivity contribution >= 4 is 17.5 Å². The summed E-state index contributed by atoms with van der Waals surface area (Å²) in [6, 6.07) is 3.73. The Bertz CT molecular complexity index is 485. The Balaban J connectivity index is 2.07. The minimum atomic E-state index is -0.0176. The van der Waals surface area contributed by atoms with Gasteiger partial charge in [-0.1, -0.05) is 11.6 Å². The molecular weight excluding hydrogens is 278 g/mol. The second-order valence-corrected chi connectivity index (χ2v) is 5.53. The van der Waals surface area contributed by atoms with E-state index in [1.807, 2.05) is 4.90 Å². The quantitative estimate of drug-likeness (QED) is 0.800. The summed E-state index contributed by atoms with van der Waals surface area (Å²) in [5, 5.41) is 0.272. The number of halogens is 1. The van der Waals surface area contributed by atoms with Crippen LogP contribution in [0.5, 0.6) is 5.88 Å². The minimum absolute atomic E-state index is 0.0176. The monoisotopic (exact) mass is 297 g/mol. The summed E-state index contributed by atoms with van der Waals surface area (Å²) in [5.41, 5.74) is 0.528. The van der Waals surface area contributed by atoms with Crippen LogP contribution in [0, 0.1) is 0 Å². The molecule has 0 N–H and O–H groups in total. The fraction of sp³-hybridized carbons (Fsp3) is 0.571. The summed E-state index contributed by atoms with van der Waals surface area (Å²) < 4.78 is 5.05. The Hall–Kier alpha value is -1.33. The van der Waals surface area contributed by atoms with Crippen LogP contribution in [0.3, 0.4) is 0 Å². The number of carbonyl (C=O) groups excluding carboxylic acids is 1. The molecule has 110 valence electrons. The highest BCUT2D eigenvalue weighted by Crippen LogP contribution is 2.18. The molecule has 0 aliphatic carbocycles. The number of aromatic nitrogens is 1. The van der Waals surface area contributed by atoms with E-state index in [0.717, 1.165) is 26.2 Å². The lowest BCUT2D eigenvalue weighted by Crippen LogP contribution is -2.50. The maximum absolute atomic E-state index is 12.5. The van der Waals surface area contributed by atoms with Crippen molar-refractivity contribution in [2.24, 2.45) is 0 Å². The number of ether oxygens (including phenoxy) is 1. The second-order valence-electron chi connectivity index (χ2n) is 5.14. The number of pyridine rings is 1. The van der Waals surface area contributed by atoms with Crippen molar-refractivity contribution in [2.75, 3.05) is 33.3 Å². The van der Waals surface area contributed by atoms with E-state index in [4.69, 9.17) is 16.3 Å². The fourth-order valence-corrected chi connectivity index (χ4v) is 2.53. The van der Waals surface area contributed by atoms with Crippen LogP contribution < -0.4 is 4.74 Å². The predicted molar refractivity (Wildman–Crippen MR) is 78.4 cm³/mol. The van der Waals surface area contributed by atoms with Gasteiger partial charge >= 0.3 is 0 Å². The molecule has 1 aromatic rings. The van der Waals surface area contributed by atoms with Gasteiger partial charge in [0.2, 0.25) is 5.88 Å². The highest BCUT2D eigenvalue weighted by Gasteiger charge is 2.24. The molecule has 2 rings (SSSR count). The maximum atomic E-state index is 12.5. The molecule has 0 unspecified atom stereocenters. The van der Waals surface area contributed by atoms with E-state index in [1.54, 1.807) is 12.1 Å². The molecule has 1 amide bonds. The van der Waals surface area contributed by atoms with Gasteiger partial charge in [0.15, 0.2) is 0 Å². The molecule has 1 aromatic heterocycles. The smallest absolute Gasteiger partial charge is 0.254 e. The largest absolute Gasteiger partial charge is 0.481 e. The molecule has 0 aromatic carbocycles. The Morgan fingerprint density at radius 2 is 1.95 bits per heavy atom. The molecule has 1 aliphatic heterocycles. The number of piperazine rings is 1. The van der Waals surface area contributed by atoms with Crippen LogP contribution >= 0.6 is 11.6 Å². The summed E-state index contributed by atoms with van der Waals surface area (Å²) in [6.45, 7) is 7.62. The van der Waals surface area contributed by atoms with E-state index in [-0.39, 0.29) is 11.1 Å². The summed E-state index contributed by atoms with van der Waals surface area (Å²) in [5.74, 6) is 0.345. The summed E-state index contributed by atoms with van der Waals surface area (Å²) in [7, 11) is 1.51. The van der Waals surface area contributed by atoms with Crippen molar-refractivity contribution in [1.82, 2.24) is 14.8 Å². The van der Waals surface area contributed by atoms with Gasteiger partial charge in [-0.3, -0.25) is 9.69 Å². The van der Waals surface area contributed by atoms with Gasteiger partial charge in [0, 0.05) is 43.9 Å². The number of nitrogens with zero attached hydrogens (tertiary/aromatic N) is 3. The molecular formula is C14H20ClN3O2. The topological polar surface area (TPSA) is 45.7 Å². The van der Waals surface area contributed by atoms with Crippen molar-refractivity contribution < 1.29 is 9.53 Å². The Kier molecular flexibility index (Phi) is 4.83. The number of carbonyl (C=O) groups is 1. The van der Waals surface area contributed by atoms with E-state index in [2.05, 4.69) is 23.7 Å². The van der Waals surface area contributed by atoms with Crippen molar-refractivity contribution in [3.05, 3.63) is 22.8 Å². The van der Waals surface area contributed by atoms with Crippen LogP contribution in [-0.2, 0) is 0 Å². The molecule has 0 atom stereocenters. The van der Waals surface area contributed by atoms with E-state index < -0.39 is 0 Å². The molecule has 0 bridgehead atoms. The van der Waals surface area contributed by atoms with Crippen molar-refractivity contribution in [2.45, 2.75) is 19.9 Å². The van der Waals surface area contributed by atoms with Crippen molar-refractivity contribution in [3.8, 4) is 5.88 Å². The summed E-state index contributed by atoms with van der Waals surface area (Å²) >= 11 is 5.91. The molecule has 6 heteroatoms. The predicted octanol–water partition coefficient (Wildman–Crippen LogP) is 1.91. The third kappa shape index (κ3) is 3.41. The number of hydrogen-bond acceptors (Lipinski definition) is 4. The van der Waals surface area contributed by atoms with E-state index in [1.165, 1.54) is 7.11 Å². The summed E-state index contributed by atoms with van der Waals surface area (Å²) in [6.07, 6.45) is 0. The first-order chi connectivity index (χ1) is 9.51. The zero-order valence-electron chi connectivity index (χ0n) is 12.1. The molecule has 1 saturated heterocycles. The molecule has 1 aliphatic rings. The number of amides is 1. The molecule has 1 fully saturated rings. The van der Waals surface area contributed by atoms with Gasteiger partial charge in [-0.2, -0.15) is 0 Å². The normalized spacial score (nSPS) is 16.6. The standard InChI is InChI=1S/C14H20ClN3O2/c1-10(2)17-4-6-18(7-5-17)14(19)11-8-12(15)16-13(9-11)20-3/h8-10H,4-7H2,1-3H3. The zero-order chi connectivity index (χ0) is 14.7. The van der Waals surface area contributed by atoms with E-state index in [0.29, 0.717) is 17.5 Å². The van der Waals surface area contributed by atoms with Gasteiger partial charge in [0.25, 0.3) is 5.91 Å². The first kappa shape index (κ1) is 15.1. The lowest BCUT2D eigenvalue weighted by molar-refractivity contribution is 0.0595. The zero-order valence-corrected chi connectivity index (χ0v) is 12.9.